The van der Waals surface area contributed by atoms with Gasteiger partial charge in [0.25, 0.3) is 4.99 Å². The molecule has 11 heteroatoms. The van der Waals surface area contributed by atoms with Gasteiger partial charge in [-0.2, -0.15) is 0 Å². The summed E-state index contributed by atoms with van der Waals surface area (Å²) in [5.41, 5.74) is 0.518. The summed E-state index contributed by atoms with van der Waals surface area (Å²) in [6.45, 7) is 0. The van der Waals surface area contributed by atoms with E-state index in [4.69, 9.17) is 5.11 Å². The highest BCUT2D eigenvalue weighted by atomic mass is 79.9. The molecule has 0 radical (unpaired) electrons. The van der Waals surface area contributed by atoms with Crippen LogP contribution in [0, 0.1) is 0 Å². The van der Waals surface area contributed by atoms with Crippen LogP contribution in [0.15, 0.2) is 46.3 Å². The number of rotatable bonds is 5. The van der Waals surface area contributed by atoms with Crippen molar-refractivity contribution in [1.82, 2.24) is 4.98 Å². The molecule has 0 aromatic carbocycles. The van der Waals surface area contributed by atoms with E-state index < -0.39 is 11.0 Å². The van der Waals surface area contributed by atoms with Crippen LogP contribution in [-0.4, -0.2) is 16.1 Å². The van der Waals surface area contributed by atoms with Gasteiger partial charge in [-0.15, -0.1) is 32.9 Å². The number of aromatic nitrogens is 1. The van der Waals surface area contributed by atoms with E-state index in [0.29, 0.717) is 10.0 Å². The second-order valence-corrected chi connectivity index (χ2v) is 8.61. The molecule has 3 heterocycles. The van der Waals surface area contributed by atoms with Crippen molar-refractivity contribution in [3.05, 3.63) is 31.9 Å². The third-order valence-electron chi connectivity index (χ3n) is 2.39. The van der Waals surface area contributed by atoms with Crippen molar-refractivity contribution in [2.75, 3.05) is 0 Å². The van der Waals surface area contributed by atoms with Crippen LogP contribution in [0.1, 0.15) is 10.6 Å². The molecule has 0 unspecified atom stereocenters. The van der Waals surface area contributed by atoms with Gasteiger partial charge in [0, 0.05) is 5.38 Å². The molecule has 2 aromatic heterocycles. The Kier molecular flexibility index (Phi) is 4.15. The number of thioether (sulfide) groups is 1. The normalized spacial score (nSPS) is 15.7. The zero-order valence-electron chi connectivity index (χ0n) is 10.1. The van der Waals surface area contributed by atoms with Crippen molar-refractivity contribution in [3.8, 4) is 0 Å². The summed E-state index contributed by atoms with van der Waals surface area (Å²) in [6.07, 6.45) is -0.0996. The van der Waals surface area contributed by atoms with E-state index in [-0.39, 0.29) is 6.42 Å². The number of halogens is 1. The Labute approximate surface area is 139 Å². The van der Waals surface area contributed by atoms with Crippen molar-refractivity contribution in [1.29, 1.82) is 0 Å². The van der Waals surface area contributed by atoms with E-state index in [1.165, 1.54) is 34.4 Å². The average Bonchev–Trinajstić information content (AvgIpc) is 3.12. The topological polar surface area (TPSA) is 99.6 Å². The zero-order valence-corrected chi connectivity index (χ0v) is 14.2. The minimum Gasteiger partial charge on any atom is -0.481 e. The van der Waals surface area contributed by atoms with Crippen LogP contribution in [-0.2, 0) is 16.2 Å². The molecular weight excluding hydrogens is 398 g/mol. The van der Waals surface area contributed by atoms with Crippen LogP contribution >= 0.6 is 50.4 Å². The molecule has 1 aliphatic heterocycles. The zero-order chi connectivity index (χ0) is 14.9. The summed E-state index contributed by atoms with van der Waals surface area (Å²) >= 11 is 7.55. The first-order valence-electron chi connectivity index (χ1n) is 5.52. The largest absolute Gasteiger partial charge is 0.481 e. The van der Waals surface area contributed by atoms with Gasteiger partial charge in [-0.05, 0) is 50.3 Å². The van der Waals surface area contributed by atoms with E-state index in [2.05, 4.69) is 41.6 Å². The van der Waals surface area contributed by atoms with Gasteiger partial charge in [0.1, 0.15) is 0 Å². The van der Waals surface area contributed by atoms with Gasteiger partial charge in [0.15, 0.2) is 4.34 Å². The first kappa shape index (κ1) is 14.8. The van der Waals surface area contributed by atoms with Crippen LogP contribution in [0.5, 0.6) is 0 Å². The lowest BCUT2D eigenvalue weighted by molar-refractivity contribution is -0.136. The highest BCUT2D eigenvalue weighted by Gasteiger charge is 2.39. The second kappa shape index (κ2) is 5.91. The fraction of sp³-hybridized carbons (Fsp3) is 0.200. The van der Waals surface area contributed by atoms with Crippen molar-refractivity contribution in [3.63, 3.8) is 0 Å². The maximum Gasteiger partial charge on any atom is 0.309 e. The molecule has 1 N–H and O–H groups in total. The van der Waals surface area contributed by atoms with Crippen molar-refractivity contribution >= 4 is 56.3 Å². The molecular formula is C10H6BrN5O2S3. The van der Waals surface area contributed by atoms with Gasteiger partial charge in [0.05, 0.1) is 20.8 Å². The minimum atomic E-state index is -0.963. The fourth-order valence-electron chi connectivity index (χ4n) is 1.55. The van der Waals surface area contributed by atoms with Gasteiger partial charge in [0.2, 0.25) is 0 Å². The third-order valence-corrected chi connectivity index (χ3v) is 6.39. The molecule has 1 aliphatic rings. The number of hydrogen-bond acceptors (Lipinski definition) is 9. The number of aliphatic carboxylic acids is 1. The lowest BCUT2D eigenvalue weighted by atomic mass is 10.3. The van der Waals surface area contributed by atoms with Gasteiger partial charge < -0.3 is 5.11 Å². The van der Waals surface area contributed by atoms with Crippen molar-refractivity contribution < 1.29 is 9.90 Å². The molecule has 0 spiro atoms. The molecule has 2 aromatic rings. The molecule has 0 aliphatic carbocycles. The molecule has 0 atom stereocenters. The third kappa shape index (κ3) is 3.20. The summed E-state index contributed by atoms with van der Waals surface area (Å²) in [5.74, 6) is -0.908. The summed E-state index contributed by atoms with van der Waals surface area (Å²) in [5, 5.41) is 25.9. The van der Waals surface area contributed by atoms with Gasteiger partial charge in [-0.3, -0.25) is 4.79 Å². The molecule has 0 bridgehead atoms. The van der Waals surface area contributed by atoms with E-state index in [1.807, 2.05) is 12.1 Å². The Morgan fingerprint density at radius 3 is 2.76 bits per heavy atom. The Bertz CT molecular complexity index is 729. The van der Waals surface area contributed by atoms with Crippen LogP contribution < -0.4 is 0 Å². The van der Waals surface area contributed by atoms with Gasteiger partial charge >= 0.3 is 5.97 Å². The van der Waals surface area contributed by atoms with Gasteiger partial charge in [-0.25, -0.2) is 4.98 Å². The molecule has 0 saturated carbocycles. The van der Waals surface area contributed by atoms with Crippen LogP contribution in [0.2, 0.25) is 0 Å². The summed E-state index contributed by atoms with van der Waals surface area (Å²) in [6, 6.07) is 3.81. The number of carboxylic acid groups (broad SMARTS) is 1. The summed E-state index contributed by atoms with van der Waals surface area (Å²) in [7, 11) is 0. The summed E-state index contributed by atoms with van der Waals surface area (Å²) < 4.78 is 1.64. The monoisotopic (exact) mass is 403 g/mol. The molecule has 21 heavy (non-hydrogen) atoms. The molecule has 7 nitrogen and oxygen atoms in total. The van der Waals surface area contributed by atoms with Crippen molar-refractivity contribution in [2.24, 2.45) is 20.7 Å². The first-order valence-corrected chi connectivity index (χ1v) is 8.83. The lowest BCUT2D eigenvalue weighted by Crippen LogP contribution is -2.11. The Balaban J connectivity index is 1.86. The number of carboxylic acids is 1. The standard InChI is InChI=1S/C10H6BrN5O2S3/c11-7-2-1-6(20-7)10(13-15-16-14-10)21-9-12-5(4-19-9)3-8(17)18/h1-2,4H,3H2,(H,17,18). The predicted octanol–water partition coefficient (Wildman–Crippen LogP) is 4.33. The second-order valence-electron chi connectivity index (χ2n) is 3.87. The number of thiophene rings is 1. The Morgan fingerprint density at radius 1 is 1.38 bits per heavy atom. The molecule has 0 saturated heterocycles. The molecule has 0 fully saturated rings. The van der Waals surface area contributed by atoms with Gasteiger partial charge in [-0.1, -0.05) is 0 Å². The molecule has 0 amide bonds. The van der Waals surface area contributed by atoms with E-state index in [0.717, 1.165) is 8.66 Å². The predicted molar refractivity (Wildman–Crippen MR) is 82.7 cm³/mol. The highest BCUT2D eigenvalue weighted by Crippen LogP contribution is 2.50. The molecule has 108 valence electrons. The van der Waals surface area contributed by atoms with E-state index in [1.54, 1.807) is 5.38 Å². The highest BCUT2D eigenvalue weighted by molar-refractivity contribution is 9.11. The summed E-state index contributed by atoms with van der Waals surface area (Å²) in [4.78, 5) is 14.9. The Morgan fingerprint density at radius 2 is 2.14 bits per heavy atom. The van der Waals surface area contributed by atoms with Crippen LogP contribution in [0.3, 0.4) is 0 Å². The SMILES string of the molecule is O=C(O)Cc1csc(SC2(c3ccc(Br)s3)N=NN=N2)n1. The maximum absolute atomic E-state index is 10.7. The lowest BCUT2D eigenvalue weighted by Gasteiger charge is -2.15. The average molecular weight is 404 g/mol. The number of nitrogens with zero attached hydrogens (tertiary/aromatic N) is 5. The maximum atomic E-state index is 10.7. The molecule has 3 rings (SSSR count). The quantitative estimate of drug-likeness (QED) is 0.802. The van der Waals surface area contributed by atoms with Crippen LogP contribution in [0.4, 0.5) is 0 Å². The van der Waals surface area contributed by atoms with E-state index in [9.17, 15) is 4.79 Å². The van der Waals surface area contributed by atoms with Crippen LogP contribution in [0.25, 0.3) is 0 Å². The number of hydrogen-bond donors (Lipinski definition) is 1. The fourth-order valence-corrected chi connectivity index (χ4v) is 5.11. The van der Waals surface area contributed by atoms with E-state index >= 15 is 0 Å². The Hall–Kier alpha value is -1.17. The smallest absolute Gasteiger partial charge is 0.309 e. The number of thiazole rings is 1. The first-order chi connectivity index (χ1) is 10.1. The van der Waals surface area contributed by atoms with Crippen molar-refractivity contribution in [2.45, 2.75) is 15.8 Å². The minimum absolute atomic E-state index is 0.0996. The number of carbonyl (C=O) groups is 1.